The van der Waals surface area contributed by atoms with E-state index in [1.165, 1.54) is 19.3 Å². The highest BCUT2D eigenvalue weighted by Crippen LogP contribution is 2.26. The maximum absolute atomic E-state index is 5.37. The monoisotopic (exact) mass is 243 g/mol. The Morgan fingerprint density at radius 3 is 2.89 bits per heavy atom. The standard InChI is InChI=1S/C14H17N3O/c1-18-14-8-12(11-6-3-7-15-11)17-13(14)9-16-10-4-2-5-10/h3,6-10,15,17H,2,4-5H2,1H3. The van der Waals surface area contributed by atoms with Crippen molar-refractivity contribution >= 4 is 6.21 Å². The van der Waals surface area contributed by atoms with Gasteiger partial charge in [0.05, 0.1) is 30.2 Å². The van der Waals surface area contributed by atoms with Crippen LogP contribution >= 0.6 is 0 Å². The van der Waals surface area contributed by atoms with E-state index in [1.807, 2.05) is 30.6 Å². The third-order valence-corrected chi connectivity index (χ3v) is 3.41. The second-order valence-electron chi connectivity index (χ2n) is 4.61. The van der Waals surface area contributed by atoms with Crippen LogP contribution in [0.4, 0.5) is 0 Å². The van der Waals surface area contributed by atoms with Crippen LogP contribution in [0.3, 0.4) is 0 Å². The van der Waals surface area contributed by atoms with Crippen LogP contribution in [0, 0.1) is 0 Å². The third kappa shape index (κ3) is 2.06. The Kier molecular flexibility index (Phi) is 2.92. The highest BCUT2D eigenvalue weighted by Gasteiger charge is 2.15. The lowest BCUT2D eigenvalue weighted by molar-refractivity contribution is 0.413. The molecule has 18 heavy (non-hydrogen) atoms. The molecule has 0 aliphatic heterocycles. The van der Waals surface area contributed by atoms with E-state index >= 15 is 0 Å². The van der Waals surface area contributed by atoms with Gasteiger partial charge in [0.1, 0.15) is 5.75 Å². The van der Waals surface area contributed by atoms with Crippen LogP contribution in [0.25, 0.3) is 11.4 Å². The van der Waals surface area contributed by atoms with Gasteiger partial charge in [-0.15, -0.1) is 0 Å². The second-order valence-corrected chi connectivity index (χ2v) is 4.61. The lowest BCUT2D eigenvalue weighted by Gasteiger charge is -2.20. The van der Waals surface area contributed by atoms with Gasteiger partial charge in [-0.3, -0.25) is 4.99 Å². The molecule has 4 nitrogen and oxygen atoms in total. The molecule has 0 saturated heterocycles. The average molecular weight is 243 g/mol. The van der Waals surface area contributed by atoms with Crippen molar-refractivity contribution in [2.45, 2.75) is 25.3 Å². The van der Waals surface area contributed by atoms with Gasteiger partial charge in [0, 0.05) is 18.5 Å². The van der Waals surface area contributed by atoms with E-state index in [2.05, 4.69) is 15.0 Å². The second kappa shape index (κ2) is 4.72. The van der Waals surface area contributed by atoms with Crippen molar-refractivity contribution < 1.29 is 4.74 Å². The van der Waals surface area contributed by atoms with E-state index < -0.39 is 0 Å². The molecule has 2 aromatic rings. The summed E-state index contributed by atoms with van der Waals surface area (Å²) in [6, 6.07) is 6.50. The van der Waals surface area contributed by atoms with Gasteiger partial charge in [-0.25, -0.2) is 0 Å². The topological polar surface area (TPSA) is 53.2 Å². The zero-order valence-electron chi connectivity index (χ0n) is 10.4. The molecule has 1 saturated carbocycles. The van der Waals surface area contributed by atoms with E-state index in [0.29, 0.717) is 6.04 Å². The molecule has 0 unspecified atom stereocenters. The quantitative estimate of drug-likeness (QED) is 0.797. The number of aromatic nitrogens is 2. The fraction of sp³-hybridized carbons (Fsp3) is 0.357. The number of aliphatic imine (C=N–C) groups is 1. The number of methoxy groups -OCH3 is 1. The van der Waals surface area contributed by atoms with Crippen LogP contribution in [-0.2, 0) is 0 Å². The predicted octanol–water partition coefficient (Wildman–Crippen LogP) is 2.99. The number of rotatable bonds is 4. The Morgan fingerprint density at radius 2 is 2.28 bits per heavy atom. The zero-order chi connectivity index (χ0) is 12.4. The van der Waals surface area contributed by atoms with E-state index in [4.69, 9.17) is 4.74 Å². The summed E-state index contributed by atoms with van der Waals surface area (Å²) in [6.45, 7) is 0. The SMILES string of the molecule is COc1cc(-c2ccc[nH]2)[nH]c1C=NC1CCC1. The van der Waals surface area contributed by atoms with Crippen LogP contribution in [-0.4, -0.2) is 29.3 Å². The van der Waals surface area contributed by atoms with Gasteiger partial charge in [0.25, 0.3) is 0 Å². The first-order chi connectivity index (χ1) is 8.86. The summed E-state index contributed by atoms with van der Waals surface area (Å²) in [5.41, 5.74) is 3.01. The molecular formula is C14H17N3O. The lowest BCUT2D eigenvalue weighted by atomic mass is 9.94. The van der Waals surface area contributed by atoms with Crippen molar-refractivity contribution in [3.8, 4) is 17.1 Å². The Bertz CT molecular complexity index is 535. The molecule has 2 aromatic heterocycles. The fourth-order valence-electron chi connectivity index (χ4n) is 2.08. The normalized spacial score (nSPS) is 16.1. The number of ether oxygens (including phenoxy) is 1. The molecule has 0 bridgehead atoms. The molecule has 0 spiro atoms. The molecule has 0 radical (unpaired) electrons. The molecule has 2 heterocycles. The number of hydrogen-bond donors (Lipinski definition) is 2. The van der Waals surface area contributed by atoms with Gasteiger partial charge in [0.2, 0.25) is 0 Å². The van der Waals surface area contributed by atoms with Crippen LogP contribution in [0.1, 0.15) is 25.0 Å². The van der Waals surface area contributed by atoms with Crippen molar-refractivity contribution in [2.75, 3.05) is 7.11 Å². The van der Waals surface area contributed by atoms with Crippen LogP contribution < -0.4 is 4.74 Å². The van der Waals surface area contributed by atoms with Gasteiger partial charge < -0.3 is 14.7 Å². The first kappa shape index (κ1) is 11.1. The molecule has 4 heteroatoms. The van der Waals surface area contributed by atoms with Crippen LogP contribution in [0.15, 0.2) is 29.4 Å². The summed E-state index contributed by atoms with van der Waals surface area (Å²) in [6.07, 6.45) is 7.53. The smallest absolute Gasteiger partial charge is 0.146 e. The highest BCUT2D eigenvalue weighted by atomic mass is 16.5. The summed E-state index contributed by atoms with van der Waals surface area (Å²) in [4.78, 5) is 11.1. The van der Waals surface area contributed by atoms with E-state index in [1.54, 1.807) is 7.11 Å². The maximum Gasteiger partial charge on any atom is 0.146 e. The molecule has 3 rings (SSSR count). The minimum atomic E-state index is 0.506. The summed E-state index contributed by atoms with van der Waals surface area (Å²) in [5.74, 6) is 0.836. The number of H-pyrrole nitrogens is 2. The molecule has 1 aliphatic carbocycles. The summed E-state index contributed by atoms with van der Waals surface area (Å²) >= 11 is 0. The molecule has 94 valence electrons. The van der Waals surface area contributed by atoms with Crippen molar-refractivity contribution in [3.63, 3.8) is 0 Å². The summed E-state index contributed by atoms with van der Waals surface area (Å²) in [5, 5.41) is 0. The molecule has 0 amide bonds. The van der Waals surface area contributed by atoms with E-state index in [9.17, 15) is 0 Å². The molecule has 0 aromatic carbocycles. The molecule has 1 aliphatic rings. The van der Waals surface area contributed by atoms with Crippen LogP contribution in [0.2, 0.25) is 0 Å². The van der Waals surface area contributed by atoms with E-state index in [-0.39, 0.29) is 0 Å². The van der Waals surface area contributed by atoms with Gasteiger partial charge in [0.15, 0.2) is 0 Å². The Labute approximate surface area is 106 Å². The Hall–Kier alpha value is -1.97. The summed E-state index contributed by atoms with van der Waals surface area (Å²) in [7, 11) is 1.68. The first-order valence-corrected chi connectivity index (χ1v) is 6.31. The van der Waals surface area contributed by atoms with Crippen molar-refractivity contribution in [1.82, 2.24) is 9.97 Å². The Morgan fingerprint density at radius 1 is 1.39 bits per heavy atom. The number of aromatic amines is 2. The van der Waals surface area contributed by atoms with Gasteiger partial charge >= 0.3 is 0 Å². The largest absolute Gasteiger partial charge is 0.494 e. The molecule has 1 fully saturated rings. The lowest BCUT2D eigenvalue weighted by Crippen LogP contribution is -2.14. The Balaban J connectivity index is 1.86. The van der Waals surface area contributed by atoms with Crippen LogP contribution in [0.5, 0.6) is 5.75 Å². The van der Waals surface area contributed by atoms with E-state index in [0.717, 1.165) is 22.8 Å². The number of nitrogens with one attached hydrogen (secondary N) is 2. The summed E-state index contributed by atoms with van der Waals surface area (Å²) < 4.78 is 5.37. The molecule has 2 N–H and O–H groups in total. The van der Waals surface area contributed by atoms with Gasteiger partial charge in [-0.1, -0.05) is 0 Å². The minimum Gasteiger partial charge on any atom is -0.494 e. The highest BCUT2D eigenvalue weighted by molar-refractivity contribution is 5.83. The average Bonchev–Trinajstić information content (AvgIpc) is 2.95. The fourth-order valence-corrected chi connectivity index (χ4v) is 2.08. The minimum absolute atomic E-state index is 0.506. The third-order valence-electron chi connectivity index (χ3n) is 3.41. The van der Waals surface area contributed by atoms with Crippen molar-refractivity contribution in [2.24, 2.45) is 4.99 Å². The molecular weight excluding hydrogens is 226 g/mol. The predicted molar refractivity (Wildman–Crippen MR) is 72.4 cm³/mol. The zero-order valence-corrected chi connectivity index (χ0v) is 10.4. The first-order valence-electron chi connectivity index (χ1n) is 6.31. The number of hydrogen-bond acceptors (Lipinski definition) is 2. The van der Waals surface area contributed by atoms with Crippen molar-refractivity contribution in [1.29, 1.82) is 0 Å². The van der Waals surface area contributed by atoms with Crippen molar-refractivity contribution in [3.05, 3.63) is 30.1 Å². The number of nitrogens with zero attached hydrogens (tertiary/aromatic N) is 1. The van der Waals surface area contributed by atoms with Gasteiger partial charge in [-0.05, 0) is 31.4 Å². The molecule has 0 atom stereocenters. The van der Waals surface area contributed by atoms with Gasteiger partial charge in [-0.2, -0.15) is 0 Å². The maximum atomic E-state index is 5.37.